The summed E-state index contributed by atoms with van der Waals surface area (Å²) < 4.78 is 0. The van der Waals surface area contributed by atoms with Crippen molar-refractivity contribution in [3.05, 3.63) is 0 Å². The van der Waals surface area contributed by atoms with Gasteiger partial charge in [-0.2, -0.15) is 0 Å². The van der Waals surface area contributed by atoms with Gasteiger partial charge in [0.2, 0.25) is 0 Å². The van der Waals surface area contributed by atoms with Gasteiger partial charge in [0.1, 0.15) is 0 Å². The first-order chi connectivity index (χ1) is 9.26. The summed E-state index contributed by atoms with van der Waals surface area (Å²) in [5.74, 6) is 3.23. The van der Waals surface area contributed by atoms with Crippen molar-refractivity contribution in [2.75, 3.05) is 20.1 Å². The number of rotatable bonds is 5. The third-order valence-corrected chi connectivity index (χ3v) is 6.22. The molecule has 0 radical (unpaired) electrons. The van der Waals surface area contributed by atoms with E-state index in [2.05, 4.69) is 24.2 Å². The lowest BCUT2D eigenvalue weighted by Crippen LogP contribution is -2.42. The Morgan fingerprint density at radius 1 is 1.00 bits per heavy atom. The zero-order chi connectivity index (χ0) is 13.2. The van der Waals surface area contributed by atoms with Gasteiger partial charge >= 0.3 is 0 Å². The predicted octanol–water partition coefficient (Wildman–Crippen LogP) is 3.28. The summed E-state index contributed by atoms with van der Waals surface area (Å²) in [4.78, 5) is 2.72. The van der Waals surface area contributed by atoms with Crippen LogP contribution in [0.3, 0.4) is 0 Å². The van der Waals surface area contributed by atoms with E-state index in [-0.39, 0.29) is 0 Å². The maximum atomic E-state index is 3.62. The standard InChI is InChI=1S/C17H32N2/c1-3-18-16-6-8-17(9-7-16)19(2)12-15-11-13-4-5-14(15)10-13/h13-18H,3-12H2,1-2H3. The van der Waals surface area contributed by atoms with Crippen LogP contribution in [0.5, 0.6) is 0 Å². The van der Waals surface area contributed by atoms with E-state index in [9.17, 15) is 0 Å². The van der Waals surface area contributed by atoms with E-state index in [1.54, 1.807) is 19.3 Å². The quantitative estimate of drug-likeness (QED) is 0.820. The maximum Gasteiger partial charge on any atom is 0.00934 e. The van der Waals surface area contributed by atoms with Crippen LogP contribution in [0.2, 0.25) is 0 Å². The second kappa shape index (κ2) is 6.13. The van der Waals surface area contributed by atoms with Crippen molar-refractivity contribution in [2.45, 2.75) is 70.4 Å². The molecule has 3 atom stereocenters. The van der Waals surface area contributed by atoms with Crippen molar-refractivity contribution in [1.82, 2.24) is 10.2 Å². The molecule has 0 heterocycles. The van der Waals surface area contributed by atoms with Gasteiger partial charge in [0, 0.05) is 18.6 Å². The Morgan fingerprint density at radius 2 is 1.79 bits per heavy atom. The molecule has 3 saturated carbocycles. The fourth-order valence-corrected chi connectivity index (χ4v) is 5.13. The van der Waals surface area contributed by atoms with Gasteiger partial charge in [0.05, 0.1) is 0 Å². The third-order valence-electron chi connectivity index (χ3n) is 6.22. The lowest BCUT2D eigenvalue weighted by atomic mass is 9.86. The molecule has 3 aliphatic carbocycles. The zero-order valence-corrected chi connectivity index (χ0v) is 12.9. The van der Waals surface area contributed by atoms with Crippen molar-refractivity contribution in [1.29, 1.82) is 0 Å². The van der Waals surface area contributed by atoms with Gasteiger partial charge < -0.3 is 10.2 Å². The third kappa shape index (κ3) is 3.16. The molecule has 3 unspecified atom stereocenters. The highest BCUT2D eigenvalue weighted by Crippen LogP contribution is 2.48. The number of nitrogens with zero attached hydrogens (tertiary/aromatic N) is 1. The average Bonchev–Trinajstić information content (AvgIpc) is 3.02. The Balaban J connectivity index is 1.42. The molecule has 2 nitrogen and oxygen atoms in total. The smallest absolute Gasteiger partial charge is 0.00934 e. The zero-order valence-electron chi connectivity index (χ0n) is 12.9. The van der Waals surface area contributed by atoms with E-state index in [4.69, 9.17) is 0 Å². The molecule has 3 rings (SSSR count). The van der Waals surface area contributed by atoms with Crippen LogP contribution in [-0.4, -0.2) is 37.1 Å². The largest absolute Gasteiger partial charge is 0.314 e. The van der Waals surface area contributed by atoms with Gasteiger partial charge in [-0.05, 0) is 76.3 Å². The van der Waals surface area contributed by atoms with Crippen LogP contribution in [0.15, 0.2) is 0 Å². The molecule has 2 heteroatoms. The summed E-state index contributed by atoms with van der Waals surface area (Å²) in [5.41, 5.74) is 0. The Bertz CT molecular complexity index is 283. The highest BCUT2D eigenvalue weighted by Gasteiger charge is 2.40. The first-order valence-electron chi connectivity index (χ1n) is 8.70. The topological polar surface area (TPSA) is 15.3 Å². The van der Waals surface area contributed by atoms with E-state index < -0.39 is 0 Å². The summed E-state index contributed by atoms with van der Waals surface area (Å²) in [7, 11) is 2.39. The van der Waals surface area contributed by atoms with E-state index in [1.807, 2.05) is 0 Å². The van der Waals surface area contributed by atoms with Gasteiger partial charge in [0.15, 0.2) is 0 Å². The second-order valence-electron chi connectivity index (χ2n) is 7.44. The minimum absolute atomic E-state index is 0.803. The molecule has 0 aromatic rings. The van der Waals surface area contributed by atoms with Crippen LogP contribution >= 0.6 is 0 Å². The fourth-order valence-electron chi connectivity index (χ4n) is 5.13. The van der Waals surface area contributed by atoms with Gasteiger partial charge in [-0.15, -0.1) is 0 Å². The van der Waals surface area contributed by atoms with Gasteiger partial charge in [-0.3, -0.25) is 0 Å². The molecule has 0 spiro atoms. The summed E-state index contributed by atoms with van der Waals surface area (Å²) in [6, 6.07) is 1.67. The average molecular weight is 264 g/mol. The van der Waals surface area contributed by atoms with Crippen LogP contribution in [0.25, 0.3) is 0 Å². The highest BCUT2D eigenvalue weighted by atomic mass is 15.1. The van der Waals surface area contributed by atoms with E-state index in [0.717, 1.165) is 36.4 Å². The molecular weight excluding hydrogens is 232 g/mol. The molecule has 19 heavy (non-hydrogen) atoms. The molecule has 0 aromatic carbocycles. The lowest BCUT2D eigenvalue weighted by molar-refractivity contribution is 0.134. The van der Waals surface area contributed by atoms with Crippen molar-refractivity contribution in [3.8, 4) is 0 Å². The van der Waals surface area contributed by atoms with E-state index >= 15 is 0 Å². The molecule has 0 amide bonds. The Morgan fingerprint density at radius 3 is 2.37 bits per heavy atom. The number of hydrogen-bond acceptors (Lipinski definition) is 2. The Kier molecular flexibility index (Phi) is 4.48. The minimum atomic E-state index is 0.803. The molecule has 3 aliphatic rings. The van der Waals surface area contributed by atoms with Gasteiger partial charge in [-0.25, -0.2) is 0 Å². The van der Waals surface area contributed by atoms with Gasteiger partial charge in [0.25, 0.3) is 0 Å². The molecule has 0 aliphatic heterocycles. The predicted molar refractivity (Wildman–Crippen MR) is 81.3 cm³/mol. The lowest BCUT2D eigenvalue weighted by Gasteiger charge is -2.37. The normalized spacial score (nSPS) is 42.2. The minimum Gasteiger partial charge on any atom is -0.314 e. The van der Waals surface area contributed by atoms with Crippen LogP contribution < -0.4 is 5.32 Å². The number of hydrogen-bond donors (Lipinski definition) is 1. The summed E-state index contributed by atoms with van der Waals surface area (Å²) in [6.45, 7) is 4.75. The van der Waals surface area contributed by atoms with E-state index in [0.29, 0.717) is 0 Å². The van der Waals surface area contributed by atoms with Crippen LogP contribution in [0, 0.1) is 17.8 Å². The number of fused-ring (bicyclic) bond motifs is 2. The second-order valence-corrected chi connectivity index (χ2v) is 7.44. The van der Waals surface area contributed by atoms with Crippen molar-refractivity contribution < 1.29 is 0 Å². The van der Waals surface area contributed by atoms with Gasteiger partial charge in [-0.1, -0.05) is 13.3 Å². The highest BCUT2D eigenvalue weighted by molar-refractivity contribution is 4.92. The SMILES string of the molecule is CCNC1CCC(N(C)CC2CC3CCC2C3)CC1. The van der Waals surface area contributed by atoms with E-state index in [1.165, 1.54) is 38.6 Å². The molecule has 110 valence electrons. The molecule has 0 aromatic heterocycles. The maximum absolute atomic E-state index is 3.62. The molecule has 3 fully saturated rings. The molecule has 2 bridgehead atoms. The molecule has 1 N–H and O–H groups in total. The monoisotopic (exact) mass is 264 g/mol. The van der Waals surface area contributed by atoms with Crippen molar-refractivity contribution >= 4 is 0 Å². The molecular formula is C17H32N2. The van der Waals surface area contributed by atoms with Crippen molar-refractivity contribution in [2.24, 2.45) is 17.8 Å². The van der Waals surface area contributed by atoms with Crippen LogP contribution in [-0.2, 0) is 0 Å². The van der Waals surface area contributed by atoms with Crippen molar-refractivity contribution in [3.63, 3.8) is 0 Å². The van der Waals surface area contributed by atoms with Crippen LogP contribution in [0.1, 0.15) is 58.3 Å². The summed E-state index contributed by atoms with van der Waals surface area (Å²) in [5, 5.41) is 3.62. The first kappa shape index (κ1) is 13.9. The van der Waals surface area contributed by atoms with Crippen LogP contribution in [0.4, 0.5) is 0 Å². The number of nitrogens with one attached hydrogen (secondary N) is 1. The molecule has 0 saturated heterocycles. The summed E-state index contributed by atoms with van der Waals surface area (Å²) in [6.07, 6.45) is 11.8. The summed E-state index contributed by atoms with van der Waals surface area (Å²) >= 11 is 0. The fraction of sp³-hybridized carbons (Fsp3) is 1.00. The Hall–Kier alpha value is -0.0800. The Labute approximate surface area is 119 Å². The first-order valence-corrected chi connectivity index (χ1v) is 8.70.